The third-order valence-electron chi connectivity index (χ3n) is 4.79. The molecule has 0 aliphatic heterocycles. The van der Waals surface area contributed by atoms with Gasteiger partial charge in [0.15, 0.2) is 11.5 Å². The zero-order valence-corrected chi connectivity index (χ0v) is 17.9. The molecule has 8 heteroatoms. The van der Waals surface area contributed by atoms with Crippen LogP contribution in [0.15, 0.2) is 65.6 Å². The van der Waals surface area contributed by atoms with Crippen molar-refractivity contribution >= 4 is 32.4 Å². The monoisotopic (exact) mass is 428 g/mol. The fourth-order valence-corrected chi connectivity index (χ4v) is 4.10. The lowest BCUT2D eigenvalue weighted by Crippen LogP contribution is -2.32. The molecule has 0 aromatic heterocycles. The van der Waals surface area contributed by atoms with Gasteiger partial charge in [-0.1, -0.05) is 30.3 Å². The molecule has 0 bridgehead atoms. The number of fused-ring (bicyclic) bond motifs is 1. The van der Waals surface area contributed by atoms with E-state index in [4.69, 9.17) is 9.47 Å². The van der Waals surface area contributed by atoms with Crippen molar-refractivity contribution < 1.29 is 22.7 Å². The van der Waals surface area contributed by atoms with Crippen LogP contribution in [-0.2, 0) is 14.8 Å². The van der Waals surface area contributed by atoms with Gasteiger partial charge in [-0.15, -0.1) is 0 Å². The summed E-state index contributed by atoms with van der Waals surface area (Å²) in [4.78, 5) is 14.1. The van der Waals surface area contributed by atoms with Crippen LogP contribution < -0.4 is 19.1 Å². The van der Waals surface area contributed by atoms with E-state index in [0.717, 1.165) is 16.5 Å². The Morgan fingerprint density at radius 2 is 1.63 bits per heavy atom. The predicted molar refractivity (Wildman–Crippen MR) is 117 cm³/mol. The molecule has 0 fully saturated rings. The first-order chi connectivity index (χ1) is 14.4. The summed E-state index contributed by atoms with van der Waals surface area (Å²) >= 11 is 0. The Bertz CT molecular complexity index is 1160. The molecule has 0 atom stereocenters. The summed E-state index contributed by atoms with van der Waals surface area (Å²) < 4.78 is 37.8. The van der Waals surface area contributed by atoms with Crippen molar-refractivity contribution in [3.8, 4) is 11.5 Å². The van der Waals surface area contributed by atoms with Crippen molar-refractivity contribution in [2.75, 3.05) is 32.7 Å². The number of nitrogens with zero attached hydrogens (tertiary/aromatic N) is 1. The summed E-state index contributed by atoms with van der Waals surface area (Å²) in [6.07, 6.45) is 0.0237. The van der Waals surface area contributed by atoms with Gasteiger partial charge in [-0.25, -0.2) is 13.1 Å². The van der Waals surface area contributed by atoms with Gasteiger partial charge in [0.05, 0.1) is 19.1 Å². The highest BCUT2D eigenvalue weighted by Gasteiger charge is 2.18. The van der Waals surface area contributed by atoms with E-state index in [1.165, 1.54) is 37.3 Å². The van der Waals surface area contributed by atoms with Crippen LogP contribution in [0.5, 0.6) is 11.5 Å². The normalized spacial score (nSPS) is 11.3. The average molecular weight is 429 g/mol. The molecule has 7 nitrogen and oxygen atoms in total. The van der Waals surface area contributed by atoms with E-state index < -0.39 is 10.0 Å². The molecule has 30 heavy (non-hydrogen) atoms. The highest BCUT2D eigenvalue weighted by atomic mass is 32.2. The molecule has 0 unspecified atom stereocenters. The van der Waals surface area contributed by atoms with Crippen molar-refractivity contribution in [2.24, 2.45) is 0 Å². The molecule has 158 valence electrons. The van der Waals surface area contributed by atoms with Gasteiger partial charge in [0, 0.05) is 31.8 Å². The molecule has 0 aliphatic rings. The second kappa shape index (κ2) is 9.15. The van der Waals surface area contributed by atoms with E-state index in [-0.39, 0.29) is 23.8 Å². The van der Waals surface area contributed by atoms with E-state index >= 15 is 0 Å². The van der Waals surface area contributed by atoms with Gasteiger partial charge in [-0.2, -0.15) is 0 Å². The maximum atomic E-state index is 12.5. The minimum Gasteiger partial charge on any atom is -0.493 e. The molecule has 0 spiro atoms. The minimum atomic E-state index is -3.79. The van der Waals surface area contributed by atoms with Crippen molar-refractivity contribution in [2.45, 2.75) is 11.3 Å². The number of sulfonamides is 1. The van der Waals surface area contributed by atoms with Crippen molar-refractivity contribution in [3.63, 3.8) is 0 Å². The molecule has 1 N–H and O–H groups in total. The number of hydrogen-bond acceptors (Lipinski definition) is 5. The van der Waals surface area contributed by atoms with Gasteiger partial charge in [-0.05, 0) is 35.0 Å². The number of methoxy groups -OCH3 is 2. The second-order valence-corrected chi connectivity index (χ2v) is 8.42. The molecular weight excluding hydrogens is 404 g/mol. The lowest BCUT2D eigenvalue weighted by molar-refractivity contribution is -0.118. The molecule has 0 radical (unpaired) electrons. The topological polar surface area (TPSA) is 84.9 Å². The van der Waals surface area contributed by atoms with E-state index in [2.05, 4.69) is 4.72 Å². The van der Waals surface area contributed by atoms with E-state index in [9.17, 15) is 13.2 Å². The van der Waals surface area contributed by atoms with Crippen LogP contribution in [0.25, 0.3) is 10.8 Å². The smallest absolute Gasteiger partial charge is 0.240 e. The van der Waals surface area contributed by atoms with Gasteiger partial charge >= 0.3 is 0 Å². The van der Waals surface area contributed by atoms with Crippen LogP contribution in [0.4, 0.5) is 5.69 Å². The number of anilines is 1. The quantitative estimate of drug-likeness (QED) is 0.596. The highest BCUT2D eigenvalue weighted by molar-refractivity contribution is 7.89. The van der Waals surface area contributed by atoms with Gasteiger partial charge in [-0.3, -0.25) is 4.79 Å². The molecule has 3 aromatic carbocycles. The zero-order valence-electron chi connectivity index (χ0n) is 17.1. The summed E-state index contributed by atoms with van der Waals surface area (Å²) in [5.41, 5.74) is 0.751. The SMILES string of the molecule is COc1ccc(S(=O)(=O)NCCC(=O)N(C)c2ccc3ccccc3c2)cc1OC. The summed E-state index contributed by atoms with van der Waals surface area (Å²) in [5, 5.41) is 2.12. The first-order valence-corrected chi connectivity index (χ1v) is 10.8. The fourth-order valence-electron chi connectivity index (χ4n) is 3.06. The van der Waals surface area contributed by atoms with E-state index in [1.807, 2.05) is 42.5 Å². The summed E-state index contributed by atoms with van der Waals surface area (Å²) in [7, 11) is 0.795. The molecule has 3 rings (SSSR count). The van der Waals surface area contributed by atoms with Crippen molar-refractivity contribution in [1.29, 1.82) is 0 Å². The van der Waals surface area contributed by atoms with Gasteiger partial charge < -0.3 is 14.4 Å². The average Bonchev–Trinajstić information content (AvgIpc) is 2.77. The number of carbonyl (C=O) groups excluding carboxylic acids is 1. The molecule has 1 amide bonds. The Morgan fingerprint density at radius 3 is 2.33 bits per heavy atom. The Kier molecular flexibility index (Phi) is 6.59. The summed E-state index contributed by atoms with van der Waals surface area (Å²) in [6.45, 7) is -0.0204. The Morgan fingerprint density at radius 1 is 0.933 bits per heavy atom. The highest BCUT2D eigenvalue weighted by Crippen LogP contribution is 2.29. The van der Waals surface area contributed by atoms with Gasteiger partial charge in [0.1, 0.15) is 0 Å². The van der Waals surface area contributed by atoms with Crippen LogP contribution in [-0.4, -0.2) is 42.1 Å². The largest absolute Gasteiger partial charge is 0.493 e. The summed E-state index contributed by atoms with van der Waals surface area (Å²) in [5.74, 6) is 0.552. The predicted octanol–water partition coefficient (Wildman–Crippen LogP) is 3.19. The third kappa shape index (κ3) is 4.72. The van der Waals surface area contributed by atoms with Crippen molar-refractivity contribution in [3.05, 3.63) is 60.7 Å². The molecule has 3 aromatic rings. The Balaban J connectivity index is 1.63. The van der Waals surface area contributed by atoms with Gasteiger partial charge in [0.25, 0.3) is 0 Å². The van der Waals surface area contributed by atoms with E-state index in [1.54, 1.807) is 7.05 Å². The molecule has 0 saturated heterocycles. The lowest BCUT2D eigenvalue weighted by Gasteiger charge is -2.18. The standard InChI is InChI=1S/C22H24N2O5S/c1-24(18-9-8-16-6-4-5-7-17(16)14-18)22(25)12-13-23-30(26,27)19-10-11-20(28-2)21(15-19)29-3/h4-11,14-15,23H,12-13H2,1-3H3. The van der Waals surface area contributed by atoms with Crippen LogP contribution in [0.1, 0.15) is 6.42 Å². The first-order valence-electron chi connectivity index (χ1n) is 9.33. The second-order valence-electron chi connectivity index (χ2n) is 6.65. The van der Waals surface area contributed by atoms with E-state index in [0.29, 0.717) is 11.5 Å². The first kappa shape index (κ1) is 21.6. The molecule has 0 saturated carbocycles. The fraction of sp³-hybridized carbons (Fsp3) is 0.227. The van der Waals surface area contributed by atoms with Gasteiger partial charge in [0.2, 0.25) is 15.9 Å². The number of carbonyl (C=O) groups is 1. The van der Waals surface area contributed by atoms with Crippen molar-refractivity contribution in [1.82, 2.24) is 4.72 Å². The molecular formula is C22H24N2O5S. The number of benzene rings is 3. The van der Waals surface area contributed by atoms with Crippen LogP contribution in [0.3, 0.4) is 0 Å². The number of amides is 1. The number of hydrogen-bond donors (Lipinski definition) is 1. The van der Waals surface area contributed by atoms with Crippen LogP contribution >= 0.6 is 0 Å². The third-order valence-corrected chi connectivity index (χ3v) is 6.25. The Hall–Kier alpha value is -3.10. The number of rotatable bonds is 8. The maximum absolute atomic E-state index is 12.5. The lowest BCUT2D eigenvalue weighted by atomic mass is 10.1. The molecule has 0 aliphatic carbocycles. The number of nitrogens with one attached hydrogen (secondary N) is 1. The van der Waals surface area contributed by atoms with Crippen LogP contribution in [0.2, 0.25) is 0 Å². The zero-order chi connectivity index (χ0) is 21.7. The number of ether oxygens (including phenoxy) is 2. The maximum Gasteiger partial charge on any atom is 0.240 e. The summed E-state index contributed by atoms with van der Waals surface area (Å²) in [6, 6.07) is 18.0. The Labute approximate surface area is 176 Å². The molecule has 0 heterocycles. The van der Waals surface area contributed by atoms with Crippen LogP contribution in [0, 0.1) is 0 Å². The minimum absolute atomic E-state index is 0.0204.